The molecule has 0 spiro atoms. The molecule has 2 amide bonds. The molecule has 0 bridgehead atoms. The summed E-state index contributed by atoms with van der Waals surface area (Å²) in [5, 5.41) is 2.78. The van der Waals surface area contributed by atoms with Gasteiger partial charge in [0.15, 0.2) is 0 Å². The van der Waals surface area contributed by atoms with Gasteiger partial charge in [0, 0.05) is 56.0 Å². The Bertz CT molecular complexity index is 1430. The molecule has 1 aliphatic heterocycles. The van der Waals surface area contributed by atoms with Crippen LogP contribution in [0.15, 0.2) is 66.7 Å². The van der Waals surface area contributed by atoms with Crippen molar-refractivity contribution in [2.75, 3.05) is 29.9 Å². The lowest BCUT2D eigenvalue weighted by Crippen LogP contribution is -2.53. The number of anilines is 2. The first-order chi connectivity index (χ1) is 17.9. The van der Waals surface area contributed by atoms with Crippen LogP contribution in [0.1, 0.15) is 41.2 Å². The summed E-state index contributed by atoms with van der Waals surface area (Å²) < 4.78 is 0. The Labute approximate surface area is 217 Å². The fraction of sp³-hybridized carbons (Fsp3) is 0.300. The summed E-state index contributed by atoms with van der Waals surface area (Å²) in [6.45, 7) is 8.00. The van der Waals surface area contributed by atoms with E-state index in [-0.39, 0.29) is 17.9 Å². The Balaban J connectivity index is 1.22. The molecule has 0 saturated carbocycles. The van der Waals surface area contributed by atoms with Gasteiger partial charge >= 0.3 is 0 Å². The molecule has 2 N–H and O–H groups in total. The SMILES string of the molecule is CC(=O)Nc1ccc(CCc2nc3ccc(C(=O)N4CCN(c5cccc(C)c5)C(C)C4)cc3[nH]2)cc1. The Hall–Kier alpha value is -4.13. The summed E-state index contributed by atoms with van der Waals surface area (Å²) in [4.78, 5) is 37.0. The van der Waals surface area contributed by atoms with Crippen LogP contribution < -0.4 is 10.2 Å². The van der Waals surface area contributed by atoms with Gasteiger partial charge in [0.1, 0.15) is 5.82 Å². The van der Waals surface area contributed by atoms with Crippen molar-refractivity contribution < 1.29 is 9.59 Å². The van der Waals surface area contributed by atoms with E-state index in [1.54, 1.807) is 0 Å². The largest absolute Gasteiger partial charge is 0.365 e. The van der Waals surface area contributed by atoms with Gasteiger partial charge in [-0.2, -0.15) is 0 Å². The topological polar surface area (TPSA) is 81.3 Å². The van der Waals surface area contributed by atoms with Crippen LogP contribution in [-0.4, -0.2) is 52.4 Å². The van der Waals surface area contributed by atoms with E-state index in [1.165, 1.54) is 23.7 Å². The number of aryl methyl sites for hydroxylation is 3. The van der Waals surface area contributed by atoms with Crippen molar-refractivity contribution in [1.29, 1.82) is 0 Å². The summed E-state index contributed by atoms with van der Waals surface area (Å²) >= 11 is 0. The third-order valence-electron chi connectivity index (χ3n) is 6.95. The van der Waals surface area contributed by atoms with E-state index in [0.29, 0.717) is 18.7 Å². The number of rotatable bonds is 6. The molecular formula is C30H33N5O2. The molecule has 0 aliphatic carbocycles. The maximum atomic E-state index is 13.3. The van der Waals surface area contributed by atoms with Crippen LogP contribution in [0.3, 0.4) is 0 Å². The van der Waals surface area contributed by atoms with Crippen LogP contribution in [0.4, 0.5) is 11.4 Å². The van der Waals surface area contributed by atoms with E-state index in [4.69, 9.17) is 4.98 Å². The molecule has 0 radical (unpaired) electrons. The summed E-state index contributed by atoms with van der Waals surface area (Å²) in [7, 11) is 0. The number of hydrogen-bond acceptors (Lipinski definition) is 4. The van der Waals surface area contributed by atoms with Crippen molar-refractivity contribution in [2.45, 2.75) is 39.7 Å². The molecule has 190 valence electrons. The quantitative estimate of drug-likeness (QED) is 0.396. The van der Waals surface area contributed by atoms with Crippen LogP contribution in [0.25, 0.3) is 11.0 Å². The highest BCUT2D eigenvalue weighted by Gasteiger charge is 2.27. The minimum atomic E-state index is -0.0769. The lowest BCUT2D eigenvalue weighted by atomic mass is 10.1. The number of aromatic nitrogens is 2. The maximum Gasteiger partial charge on any atom is 0.254 e. The third-order valence-corrected chi connectivity index (χ3v) is 6.95. The summed E-state index contributed by atoms with van der Waals surface area (Å²) in [5.74, 6) is 0.880. The molecule has 3 aromatic carbocycles. The zero-order chi connectivity index (χ0) is 25.9. The highest BCUT2D eigenvalue weighted by Crippen LogP contribution is 2.23. The summed E-state index contributed by atoms with van der Waals surface area (Å²) in [6, 6.07) is 22.4. The van der Waals surface area contributed by atoms with Crippen molar-refractivity contribution in [1.82, 2.24) is 14.9 Å². The number of fused-ring (bicyclic) bond motifs is 1. The second kappa shape index (κ2) is 10.5. The number of nitrogens with one attached hydrogen (secondary N) is 2. The second-order valence-corrected chi connectivity index (χ2v) is 9.93. The standard InChI is InChI=1S/C30H33N5O2/c1-20-5-4-6-26(17-20)35-16-15-34(19-21(35)2)30(37)24-10-13-27-28(18-24)33-29(32-27)14-9-23-7-11-25(12-8-23)31-22(3)36/h4-8,10-13,17-18,21H,9,14-16,19H2,1-3H3,(H,31,36)(H,32,33). The van der Waals surface area contributed by atoms with Gasteiger partial charge < -0.3 is 20.1 Å². The van der Waals surface area contributed by atoms with Gasteiger partial charge in [-0.1, -0.05) is 24.3 Å². The fourth-order valence-electron chi connectivity index (χ4n) is 5.05. The van der Waals surface area contributed by atoms with Crippen LogP contribution in [-0.2, 0) is 17.6 Å². The van der Waals surface area contributed by atoms with E-state index in [9.17, 15) is 9.59 Å². The molecule has 1 unspecified atom stereocenters. The lowest BCUT2D eigenvalue weighted by molar-refractivity contribution is -0.114. The normalized spacial score (nSPS) is 15.7. The number of amides is 2. The third kappa shape index (κ3) is 5.66. The molecule has 1 aliphatic rings. The predicted octanol–water partition coefficient (Wildman–Crippen LogP) is 4.97. The molecule has 7 nitrogen and oxygen atoms in total. The molecular weight excluding hydrogens is 462 g/mol. The highest BCUT2D eigenvalue weighted by molar-refractivity contribution is 5.97. The number of aromatic amines is 1. The fourth-order valence-corrected chi connectivity index (χ4v) is 5.05. The average Bonchev–Trinajstić information content (AvgIpc) is 3.29. The molecule has 7 heteroatoms. The molecule has 1 atom stereocenters. The van der Waals surface area contributed by atoms with E-state index in [0.717, 1.165) is 41.9 Å². The van der Waals surface area contributed by atoms with Crippen LogP contribution in [0.2, 0.25) is 0 Å². The van der Waals surface area contributed by atoms with Gasteiger partial charge in [-0.15, -0.1) is 0 Å². The van der Waals surface area contributed by atoms with Gasteiger partial charge in [-0.05, 0) is 73.9 Å². The van der Waals surface area contributed by atoms with Crippen molar-refractivity contribution in [3.63, 3.8) is 0 Å². The predicted molar refractivity (Wildman–Crippen MR) is 148 cm³/mol. The summed E-state index contributed by atoms with van der Waals surface area (Å²) in [6.07, 6.45) is 1.59. The lowest BCUT2D eigenvalue weighted by Gasteiger charge is -2.41. The number of piperazine rings is 1. The minimum Gasteiger partial charge on any atom is -0.365 e. The van der Waals surface area contributed by atoms with E-state index in [1.807, 2.05) is 47.4 Å². The molecule has 4 aromatic rings. The van der Waals surface area contributed by atoms with Gasteiger partial charge in [0.2, 0.25) is 5.91 Å². The average molecular weight is 496 g/mol. The Kier molecular flexibility index (Phi) is 6.95. The number of nitrogens with zero attached hydrogens (tertiary/aromatic N) is 3. The molecule has 1 saturated heterocycles. The molecule has 2 heterocycles. The van der Waals surface area contributed by atoms with Crippen LogP contribution >= 0.6 is 0 Å². The first-order valence-corrected chi connectivity index (χ1v) is 12.8. The Morgan fingerprint density at radius 1 is 1.03 bits per heavy atom. The number of imidazole rings is 1. The number of benzene rings is 3. The number of hydrogen-bond donors (Lipinski definition) is 2. The maximum absolute atomic E-state index is 13.3. The van der Waals surface area contributed by atoms with E-state index < -0.39 is 0 Å². The monoisotopic (exact) mass is 495 g/mol. The first kappa shape index (κ1) is 24.6. The van der Waals surface area contributed by atoms with Crippen molar-refractivity contribution >= 4 is 34.2 Å². The van der Waals surface area contributed by atoms with E-state index >= 15 is 0 Å². The van der Waals surface area contributed by atoms with E-state index in [2.05, 4.69) is 53.3 Å². The molecule has 1 aromatic heterocycles. The van der Waals surface area contributed by atoms with Gasteiger partial charge in [0.25, 0.3) is 5.91 Å². The Morgan fingerprint density at radius 2 is 1.84 bits per heavy atom. The number of carbonyl (C=O) groups excluding carboxylic acids is 2. The van der Waals surface area contributed by atoms with Crippen LogP contribution in [0.5, 0.6) is 0 Å². The molecule has 37 heavy (non-hydrogen) atoms. The zero-order valence-corrected chi connectivity index (χ0v) is 21.6. The first-order valence-electron chi connectivity index (χ1n) is 12.8. The van der Waals surface area contributed by atoms with Crippen molar-refractivity contribution in [3.8, 4) is 0 Å². The van der Waals surface area contributed by atoms with Crippen LogP contribution in [0, 0.1) is 6.92 Å². The van der Waals surface area contributed by atoms with Crippen molar-refractivity contribution in [3.05, 3.63) is 89.2 Å². The second-order valence-electron chi connectivity index (χ2n) is 9.93. The van der Waals surface area contributed by atoms with Gasteiger partial charge in [-0.3, -0.25) is 9.59 Å². The number of H-pyrrole nitrogens is 1. The highest BCUT2D eigenvalue weighted by atomic mass is 16.2. The van der Waals surface area contributed by atoms with Crippen molar-refractivity contribution in [2.24, 2.45) is 0 Å². The zero-order valence-electron chi connectivity index (χ0n) is 21.6. The molecule has 5 rings (SSSR count). The van der Waals surface area contributed by atoms with Gasteiger partial charge in [-0.25, -0.2) is 4.98 Å². The summed E-state index contributed by atoms with van der Waals surface area (Å²) in [5.41, 5.74) is 6.86. The van der Waals surface area contributed by atoms with Gasteiger partial charge in [0.05, 0.1) is 11.0 Å². The Morgan fingerprint density at radius 3 is 2.57 bits per heavy atom. The molecule has 1 fully saturated rings. The smallest absolute Gasteiger partial charge is 0.254 e. The number of carbonyl (C=O) groups is 2. The minimum absolute atomic E-state index is 0.0630.